The van der Waals surface area contributed by atoms with E-state index >= 15 is 0 Å². The third-order valence-electron chi connectivity index (χ3n) is 3.92. The summed E-state index contributed by atoms with van der Waals surface area (Å²) in [6.07, 6.45) is 4.39. The van der Waals surface area contributed by atoms with E-state index in [2.05, 4.69) is 4.98 Å². The highest BCUT2D eigenvalue weighted by Crippen LogP contribution is 2.32. The SMILES string of the molecule is O=c1c2ccccc2nc(SC/C(Cl)=C/Cl)n1C1CCCC1. The highest BCUT2D eigenvalue weighted by Gasteiger charge is 2.22. The molecule has 0 bridgehead atoms. The van der Waals surface area contributed by atoms with Crippen LogP contribution in [0.2, 0.25) is 0 Å². The van der Waals surface area contributed by atoms with E-state index in [-0.39, 0.29) is 11.6 Å². The molecule has 0 atom stereocenters. The number of hydrogen-bond acceptors (Lipinski definition) is 3. The lowest BCUT2D eigenvalue weighted by Gasteiger charge is -2.18. The molecule has 1 aromatic heterocycles. The summed E-state index contributed by atoms with van der Waals surface area (Å²) in [5, 5.41) is 1.96. The molecule has 1 heterocycles. The second-order valence-corrected chi connectivity index (χ2v) is 7.02. The van der Waals surface area contributed by atoms with Crippen LogP contribution >= 0.6 is 35.0 Å². The summed E-state index contributed by atoms with van der Waals surface area (Å²) in [4.78, 5) is 17.6. The van der Waals surface area contributed by atoms with Gasteiger partial charge in [0.2, 0.25) is 0 Å². The molecule has 0 N–H and O–H groups in total. The quantitative estimate of drug-likeness (QED) is 0.577. The number of thioether (sulfide) groups is 1. The highest BCUT2D eigenvalue weighted by molar-refractivity contribution is 7.99. The van der Waals surface area contributed by atoms with E-state index in [0.717, 1.165) is 36.4 Å². The summed E-state index contributed by atoms with van der Waals surface area (Å²) in [5.41, 5.74) is 2.13. The zero-order valence-electron chi connectivity index (χ0n) is 12.0. The van der Waals surface area contributed by atoms with E-state index in [1.165, 1.54) is 17.3 Å². The van der Waals surface area contributed by atoms with Gasteiger partial charge in [0.15, 0.2) is 5.16 Å². The topological polar surface area (TPSA) is 34.9 Å². The van der Waals surface area contributed by atoms with Crippen LogP contribution in [0.4, 0.5) is 0 Å². The van der Waals surface area contributed by atoms with Gasteiger partial charge in [-0.25, -0.2) is 4.98 Å². The summed E-state index contributed by atoms with van der Waals surface area (Å²) in [6, 6.07) is 7.74. The molecule has 0 amide bonds. The first-order valence-corrected chi connectivity index (χ1v) is 9.09. The van der Waals surface area contributed by atoms with Crippen LogP contribution in [0.25, 0.3) is 10.9 Å². The van der Waals surface area contributed by atoms with Crippen molar-refractivity contribution >= 4 is 45.9 Å². The third kappa shape index (κ3) is 3.19. The van der Waals surface area contributed by atoms with Crippen LogP contribution in [-0.4, -0.2) is 15.3 Å². The van der Waals surface area contributed by atoms with Gasteiger partial charge in [-0.1, -0.05) is 59.9 Å². The smallest absolute Gasteiger partial charge is 0.262 e. The van der Waals surface area contributed by atoms with Crippen LogP contribution < -0.4 is 5.56 Å². The van der Waals surface area contributed by atoms with Crippen molar-refractivity contribution in [2.45, 2.75) is 36.9 Å². The fourth-order valence-corrected chi connectivity index (χ4v) is 4.09. The number of benzene rings is 1. The zero-order valence-corrected chi connectivity index (χ0v) is 14.3. The fraction of sp³-hybridized carbons (Fsp3) is 0.375. The van der Waals surface area contributed by atoms with E-state index < -0.39 is 0 Å². The van der Waals surface area contributed by atoms with Crippen molar-refractivity contribution in [1.29, 1.82) is 0 Å². The number of para-hydroxylation sites is 1. The summed E-state index contributed by atoms with van der Waals surface area (Å²) in [7, 11) is 0. The Morgan fingerprint density at radius 2 is 2.09 bits per heavy atom. The predicted octanol–water partition coefficient (Wildman–Crippen LogP) is 4.92. The standard InChI is InChI=1S/C16H16Cl2N2OS/c17-9-11(18)10-22-16-19-14-8-4-3-7-13(14)15(21)20(16)12-5-1-2-6-12/h3-4,7-9,12H,1-2,5-6,10H2/b11-9-. The summed E-state index contributed by atoms with van der Waals surface area (Å²) in [5.74, 6) is 0.516. The molecule has 0 radical (unpaired) electrons. The maximum Gasteiger partial charge on any atom is 0.262 e. The van der Waals surface area contributed by atoms with Gasteiger partial charge < -0.3 is 0 Å². The highest BCUT2D eigenvalue weighted by atomic mass is 35.5. The van der Waals surface area contributed by atoms with E-state index in [4.69, 9.17) is 23.2 Å². The van der Waals surface area contributed by atoms with Gasteiger partial charge in [0.05, 0.1) is 10.9 Å². The molecular weight excluding hydrogens is 339 g/mol. The molecule has 0 aliphatic heterocycles. The van der Waals surface area contributed by atoms with Crippen LogP contribution in [0, 0.1) is 0 Å². The lowest BCUT2D eigenvalue weighted by molar-refractivity contribution is 0.458. The second-order valence-electron chi connectivity index (χ2n) is 5.37. The maximum absolute atomic E-state index is 12.9. The Morgan fingerprint density at radius 3 is 2.82 bits per heavy atom. The second kappa shape index (κ2) is 7.07. The van der Waals surface area contributed by atoms with Gasteiger partial charge in [-0.05, 0) is 25.0 Å². The third-order valence-corrected chi connectivity index (χ3v) is 5.70. The van der Waals surface area contributed by atoms with Crippen molar-refractivity contribution in [3.05, 3.63) is 45.2 Å². The van der Waals surface area contributed by atoms with Gasteiger partial charge >= 0.3 is 0 Å². The Bertz CT molecular complexity index is 766. The number of fused-ring (bicyclic) bond motifs is 1. The lowest BCUT2D eigenvalue weighted by atomic mass is 10.2. The molecule has 1 fully saturated rings. The first kappa shape index (κ1) is 15.9. The molecule has 1 aromatic carbocycles. The van der Waals surface area contributed by atoms with Crippen LogP contribution in [0.1, 0.15) is 31.7 Å². The van der Waals surface area contributed by atoms with Gasteiger partial charge in [0.25, 0.3) is 5.56 Å². The van der Waals surface area contributed by atoms with Crippen molar-refractivity contribution in [2.75, 3.05) is 5.75 Å². The average Bonchev–Trinajstić information content (AvgIpc) is 3.06. The maximum atomic E-state index is 12.9. The summed E-state index contributed by atoms with van der Waals surface area (Å²) in [6.45, 7) is 0. The molecule has 1 aliphatic rings. The molecule has 0 spiro atoms. The molecule has 3 rings (SSSR count). The number of aromatic nitrogens is 2. The molecule has 0 unspecified atom stereocenters. The number of hydrogen-bond donors (Lipinski definition) is 0. The fourth-order valence-electron chi connectivity index (χ4n) is 2.88. The number of nitrogens with zero attached hydrogens (tertiary/aromatic N) is 2. The van der Waals surface area contributed by atoms with Crippen molar-refractivity contribution in [2.24, 2.45) is 0 Å². The van der Waals surface area contributed by atoms with E-state index in [1.54, 1.807) is 0 Å². The van der Waals surface area contributed by atoms with Crippen LogP contribution in [0.3, 0.4) is 0 Å². The van der Waals surface area contributed by atoms with E-state index in [1.807, 2.05) is 28.8 Å². The molecule has 6 heteroatoms. The minimum absolute atomic E-state index is 0.0472. The summed E-state index contributed by atoms with van der Waals surface area (Å²) < 4.78 is 1.86. The Morgan fingerprint density at radius 1 is 1.36 bits per heavy atom. The van der Waals surface area contributed by atoms with E-state index in [0.29, 0.717) is 16.2 Å². The van der Waals surface area contributed by atoms with Gasteiger partial charge in [-0.3, -0.25) is 9.36 Å². The average molecular weight is 355 g/mol. The monoisotopic (exact) mass is 354 g/mol. The molecule has 2 aromatic rings. The summed E-state index contributed by atoms with van der Waals surface area (Å²) >= 11 is 13.1. The minimum atomic E-state index is 0.0472. The van der Waals surface area contributed by atoms with Crippen LogP contribution in [0.15, 0.2) is 44.8 Å². The molecule has 1 saturated carbocycles. The minimum Gasteiger partial charge on any atom is -0.284 e. The molecular formula is C16H16Cl2N2OS. The Balaban J connectivity index is 2.10. The van der Waals surface area contributed by atoms with Crippen LogP contribution in [-0.2, 0) is 0 Å². The normalized spacial score (nSPS) is 16.5. The van der Waals surface area contributed by atoms with Crippen molar-refractivity contribution in [3.8, 4) is 0 Å². The molecule has 3 nitrogen and oxygen atoms in total. The first-order chi connectivity index (χ1) is 10.7. The molecule has 0 saturated heterocycles. The van der Waals surface area contributed by atoms with Gasteiger partial charge in [0.1, 0.15) is 0 Å². The zero-order chi connectivity index (χ0) is 15.5. The van der Waals surface area contributed by atoms with Gasteiger partial charge in [-0.2, -0.15) is 0 Å². The van der Waals surface area contributed by atoms with Gasteiger partial charge in [0, 0.05) is 22.4 Å². The van der Waals surface area contributed by atoms with Crippen molar-refractivity contribution in [1.82, 2.24) is 9.55 Å². The molecule has 116 valence electrons. The van der Waals surface area contributed by atoms with Gasteiger partial charge in [-0.15, -0.1) is 0 Å². The first-order valence-electron chi connectivity index (χ1n) is 7.29. The van der Waals surface area contributed by atoms with Crippen molar-refractivity contribution in [3.63, 3.8) is 0 Å². The predicted molar refractivity (Wildman–Crippen MR) is 94.0 cm³/mol. The number of halogens is 2. The number of rotatable bonds is 4. The van der Waals surface area contributed by atoms with E-state index in [9.17, 15) is 4.79 Å². The molecule has 1 aliphatic carbocycles. The lowest BCUT2D eigenvalue weighted by Crippen LogP contribution is -2.26. The van der Waals surface area contributed by atoms with Crippen LogP contribution in [0.5, 0.6) is 0 Å². The largest absolute Gasteiger partial charge is 0.284 e. The molecule has 22 heavy (non-hydrogen) atoms. The Kier molecular flexibility index (Phi) is 5.11. The Hall–Kier alpha value is -0.970. The van der Waals surface area contributed by atoms with Crippen molar-refractivity contribution < 1.29 is 0 Å². The Labute approximate surface area is 143 Å².